The predicted octanol–water partition coefficient (Wildman–Crippen LogP) is 3.52. The van der Waals surface area contributed by atoms with Crippen LogP contribution in [0.4, 0.5) is 21.5 Å². The van der Waals surface area contributed by atoms with E-state index in [1.165, 1.54) is 36.5 Å². The van der Waals surface area contributed by atoms with Gasteiger partial charge in [0, 0.05) is 11.8 Å². The largest absolute Gasteiger partial charge is 0.450 e. The minimum Gasteiger partial charge on any atom is -0.450 e. The highest BCUT2D eigenvalue weighted by Crippen LogP contribution is 2.34. The third-order valence-electron chi connectivity index (χ3n) is 4.12. The summed E-state index contributed by atoms with van der Waals surface area (Å²) in [6.07, 6.45) is 1.19. The normalized spacial score (nSPS) is 10.5. The lowest BCUT2D eigenvalue weighted by molar-refractivity contribution is -0.394. The van der Waals surface area contributed by atoms with E-state index >= 15 is 0 Å². The highest BCUT2D eigenvalue weighted by atomic mass is 19.1. The number of carbonyl (C=O) groups excluding carboxylic acids is 2. The Hall–Kier alpha value is -5.20. The van der Waals surface area contributed by atoms with Crippen LogP contribution in [0.5, 0.6) is 11.5 Å². The molecule has 0 aliphatic heterocycles. The number of hydrogen-bond donors (Lipinski definition) is 2. The zero-order valence-electron chi connectivity index (χ0n) is 17.0. The minimum atomic E-state index is -1.07. The molecule has 3 aromatic carbocycles. The fraction of sp³-hybridized carbons (Fsp3) is 0. The van der Waals surface area contributed by atoms with Gasteiger partial charge in [-0.15, -0.1) is 0 Å². The van der Waals surface area contributed by atoms with Gasteiger partial charge in [-0.25, -0.2) is 9.82 Å². The van der Waals surface area contributed by atoms with Crippen molar-refractivity contribution in [1.82, 2.24) is 5.43 Å². The second-order valence-corrected chi connectivity index (χ2v) is 6.50. The van der Waals surface area contributed by atoms with Gasteiger partial charge in [-0.2, -0.15) is 5.10 Å². The number of carbonyl (C=O) groups is 2. The SMILES string of the molecule is O=C(NN=Cc1cccc(Oc2ccc([N+](=O)[O-])cc2[N+](=O)[O-])c1)C(=O)Nc1ccc(F)cc1. The smallest absolute Gasteiger partial charge is 0.329 e. The van der Waals surface area contributed by atoms with E-state index in [0.717, 1.165) is 30.3 Å². The van der Waals surface area contributed by atoms with Crippen molar-refractivity contribution in [2.45, 2.75) is 0 Å². The van der Waals surface area contributed by atoms with E-state index in [-0.39, 0.29) is 17.2 Å². The quantitative estimate of drug-likeness (QED) is 0.232. The number of nitrogens with one attached hydrogen (secondary N) is 2. The lowest BCUT2D eigenvalue weighted by Gasteiger charge is -2.07. The van der Waals surface area contributed by atoms with Gasteiger partial charge in [-0.1, -0.05) is 12.1 Å². The minimum absolute atomic E-state index is 0.154. The Kier molecular flexibility index (Phi) is 7.18. The van der Waals surface area contributed by atoms with Crippen LogP contribution in [0.1, 0.15) is 5.56 Å². The predicted molar refractivity (Wildman–Crippen MR) is 117 cm³/mol. The summed E-state index contributed by atoms with van der Waals surface area (Å²) in [6, 6.07) is 13.8. The van der Waals surface area contributed by atoms with Gasteiger partial charge in [-0.05, 0) is 48.0 Å². The van der Waals surface area contributed by atoms with Crippen molar-refractivity contribution in [3.63, 3.8) is 0 Å². The van der Waals surface area contributed by atoms with Gasteiger partial charge in [0.1, 0.15) is 11.6 Å². The number of nitro benzene ring substituents is 2. The number of amides is 2. The van der Waals surface area contributed by atoms with E-state index in [1.54, 1.807) is 6.07 Å². The molecule has 0 aliphatic rings. The van der Waals surface area contributed by atoms with Crippen molar-refractivity contribution in [1.29, 1.82) is 0 Å². The highest BCUT2D eigenvalue weighted by Gasteiger charge is 2.21. The van der Waals surface area contributed by atoms with Gasteiger partial charge >= 0.3 is 17.5 Å². The first-order chi connectivity index (χ1) is 16.2. The molecule has 3 rings (SSSR count). The molecule has 0 fully saturated rings. The molecule has 0 saturated heterocycles. The average Bonchev–Trinajstić information content (AvgIpc) is 2.80. The Morgan fingerprint density at radius 1 is 0.941 bits per heavy atom. The topological polar surface area (TPSA) is 166 Å². The van der Waals surface area contributed by atoms with Crippen molar-refractivity contribution in [3.05, 3.63) is 98.3 Å². The van der Waals surface area contributed by atoms with Gasteiger partial charge in [0.05, 0.1) is 22.1 Å². The summed E-state index contributed by atoms with van der Waals surface area (Å²) in [5.41, 5.74) is 1.60. The lowest BCUT2D eigenvalue weighted by Crippen LogP contribution is -2.32. The summed E-state index contributed by atoms with van der Waals surface area (Å²) in [5, 5.41) is 28.0. The molecule has 34 heavy (non-hydrogen) atoms. The van der Waals surface area contributed by atoms with Gasteiger partial charge in [0.2, 0.25) is 5.75 Å². The number of nitro groups is 2. The molecule has 3 aromatic rings. The molecular formula is C21H14FN5O7. The molecule has 0 unspecified atom stereocenters. The number of hydrogen-bond acceptors (Lipinski definition) is 8. The Morgan fingerprint density at radius 3 is 2.35 bits per heavy atom. The molecule has 0 atom stereocenters. The first kappa shape index (κ1) is 23.5. The van der Waals surface area contributed by atoms with E-state index in [2.05, 4.69) is 10.4 Å². The molecule has 0 spiro atoms. The van der Waals surface area contributed by atoms with Crippen LogP contribution in [0.25, 0.3) is 0 Å². The Balaban J connectivity index is 1.65. The average molecular weight is 467 g/mol. The summed E-state index contributed by atoms with van der Waals surface area (Å²) in [4.78, 5) is 44.2. The summed E-state index contributed by atoms with van der Waals surface area (Å²) < 4.78 is 18.4. The van der Waals surface area contributed by atoms with Gasteiger partial charge in [0.15, 0.2) is 0 Å². The number of rotatable bonds is 7. The van der Waals surface area contributed by atoms with Crippen molar-refractivity contribution >= 4 is 35.1 Å². The van der Waals surface area contributed by atoms with E-state index in [4.69, 9.17) is 4.74 Å². The number of anilines is 1. The third kappa shape index (κ3) is 6.16. The molecule has 13 heteroatoms. The Labute approximate surface area is 190 Å². The number of non-ortho nitro benzene ring substituents is 1. The maximum atomic E-state index is 12.9. The van der Waals surface area contributed by atoms with Gasteiger partial charge in [-0.3, -0.25) is 29.8 Å². The number of ether oxygens (including phenoxy) is 1. The molecule has 2 N–H and O–H groups in total. The van der Waals surface area contributed by atoms with Crippen molar-refractivity contribution < 1.29 is 28.6 Å². The lowest BCUT2D eigenvalue weighted by atomic mass is 10.2. The van der Waals surface area contributed by atoms with E-state index in [0.29, 0.717) is 5.56 Å². The van der Waals surface area contributed by atoms with Gasteiger partial charge in [0.25, 0.3) is 5.69 Å². The molecule has 0 saturated carbocycles. The molecule has 0 aromatic heterocycles. The fourth-order valence-electron chi connectivity index (χ4n) is 2.57. The first-order valence-electron chi connectivity index (χ1n) is 9.33. The molecular weight excluding hydrogens is 453 g/mol. The maximum Gasteiger partial charge on any atom is 0.329 e. The number of halogens is 1. The van der Waals surface area contributed by atoms with Crippen molar-refractivity contribution in [2.24, 2.45) is 5.10 Å². The first-order valence-corrected chi connectivity index (χ1v) is 9.33. The standard InChI is InChI=1S/C21H14FN5O7/c22-14-4-6-15(7-5-14)24-20(28)21(29)25-23-12-13-2-1-3-17(10-13)34-19-9-8-16(26(30)31)11-18(19)27(32)33/h1-12H,(H,24,28)(H,25,29). The second kappa shape index (κ2) is 10.4. The highest BCUT2D eigenvalue weighted by molar-refractivity contribution is 6.39. The zero-order valence-corrected chi connectivity index (χ0v) is 17.0. The van der Waals surface area contributed by atoms with Crippen LogP contribution in [-0.2, 0) is 9.59 Å². The second-order valence-electron chi connectivity index (χ2n) is 6.50. The molecule has 172 valence electrons. The summed E-state index contributed by atoms with van der Waals surface area (Å²) in [7, 11) is 0. The molecule has 12 nitrogen and oxygen atoms in total. The van der Waals surface area contributed by atoms with Crippen molar-refractivity contribution in [2.75, 3.05) is 5.32 Å². The van der Waals surface area contributed by atoms with Crippen LogP contribution >= 0.6 is 0 Å². The van der Waals surface area contributed by atoms with Crippen LogP contribution in [0.15, 0.2) is 71.8 Å². The number of hydrazone groups is 1. The monoisotopic (exact) mass is 467 g/mol. The van der Waals surface area contributed by atoms with Crippen LogP contribution in [0.2, 0.25) is 0 Å². The fourth-order valence-corrected chi connectivity index (χ4v) is 2.57. The van der Waals surface area contributed by atoms with Crippen LogP contribution in [0.3, 0.4) is 0 Å². The number of nitrogens with zero attached hydrogens (tertiary/aromatic N) is 3. The van der Waals surface area contributed by atoms with Crippen LogP contribution in [-0.4, -0.2) is 27.9 Å². The van der Waals surface area contributed by atoms with E-state index < -0.39 is 38.9 Å². The molecule has 0 bridgehead atoms. The Morgan fingerprint density at radius 2 is 1.68 bits per heavy atom. The Bertz CT molecular complexity index is 1290. The van der Waals surface area contributed by atoms with Crippen LogP contribution in [0, 0.1) is 26.0 Å². The number of benzene rings is 3. The third-order valence-corrected chi connectivity index (χ3v) is 4.12. The maximum absolute atomic E-state index is 12.9. The molecule has 0 radical (unpaired) electrons. The van der Waals surface area contributed by atoms with Crippen LogP contribution < -0.4 is 15.5 Å². The molecule has 0 aliphatic carbocycles. The van der Waals surface area contributed by atoms with Crippen molar-refractivity contribution in [3.8, 4) is 11.5 Å². The molecule has 0 heterocycles. The summed E-state index contributed by atoms with van der Waals surface area (Å²) in [6.45, 7) is 0. The molecule has 2 amide bonds. The van der Waals surface area contributed by atoms with E-state index in [9.17, 15) is 34.2 Å². The van der Waals surface area contributed by atoms with Gasteiger partial charge < -0.3 is 10.1 Å². The van der Waals surface area contributed by atoms with E-state index in [1.807, 2.05) is 5.43 Å². The summed E-state index contributed by atoms with van der Waals surface area (Å²) in [5.74, 6) is -2.65. The zero-order chi connectivity index (χ0) is 24.7. The summed E-state index contributed by atoms with van der Waals surface area (Å²) >= 11 is 0.